The molecule has 0 aliphatic carbocycles. The Labute approximate surface area is 110 Å². The standard InChI is InChI=1S/C15H13N3O/c1-10-6-7-16-9-14(10)18-15(19)12-8-17-13-5-3-2-4-11(12)13/h2-9,17H,1H3,(H,18,19). The largest absolute Gasteiger partial charge is 0.360 e. The minimum Gasteiger partial charge on any atom is -0.360 e. The molecule has 94 valence electrons. The van der Waals surface area contributed by atoms with Gasteiger partial charge in [0.25, 0.3) is 5.91 Å². The van der Waals surface area contributed by atoms with Crippen molar-refractivity contribution in [1.29, 1.82) is 0 Å². The van der Waals surface area contributed by atoms with Gasteiger partial charge in [0.2, 0.25) is 0 Å². The maximum Gasteiger partial charge on any atom is 0.257 e. The van der Waals surface area contributed by atoms with E-state index in [0.717, 1.165) is 22.2 Å². The summed E-state index contributed by atoms with van der Waals surface area (Å²) in [6.07, 6.45) is 5.09. The highest BCUT2D eigenvalue weighted by molar-refractivity contribution is 6.12. The van der Waals surface area contributed by atoms with E-state index < -0.39 is 0 Å². The van der Waals surface area contributed by atoms with E-state index in [-0.39, 0.29) is 5.91 Å². The quantitative estimate of drug-likeness (QED) is 0.735. The molecule has 3 aromatic rings. The molecule has 0 bridgehead atoms. The zero-order valence-corrected chi connectivity index (χ0v) is 10.5. The molecular weight excluding hydrogens is 238 g/mol. The number of aromatic amines is 1. The number of amides is 1. The summed E-state index contributed by atoms with van der Waals surface area (Å²) in [5.74, 6) is -0.131. The molecule has 2 heterocycles. The fourth-order valence-corrected chi connectivity index (χ4v) is 2.04. The van der Waals surface area contributed by atoms with Crippen LogP contribution in [0.3, 0.4) is 0 Å². The van der Waals surface area contributed by atoms with E-state index in [0.29, 0.717) is 5.56 Å². The van der Waals surface area contributed by atoms with E-state index in [1.807, 2.05) is 37.3 Å². The summed E-state index contributed by atoms with van der Waals surface area (Å²) in [5, 5.41) is 3.80. The van der Waals surface area contributed by atoms with Crippen LogP contribution in [0.25, 0.3) is 10.9 Å². The summed E-state index contributed by atoms with van der Waals surface area (Å²) in [5.41, 5.74) is 3.32. The van der Waals surface area contributed by atoms with Crippen LogP contribution in [-0.4, -0.2) is 15.9 Å². The summed E-state index contributed by atoms with van der Waals surface area (Å²) in [6.45, 7) is 1.94. The third-order valence-corrected chi connectivity index (χ3v) is 3.12. The van der Waals surface area contributed by atoms with E-state index >= 15 is 0 Å². The molecule has 0 saturated heterocycles. The molecule has 0 spiro atoms. The smallest absolute Gasteiger partial charge is 0.257 e. The Bertz CT molecular complexity index is 746. The van der Waals surface area contributed by atoms with Crippen molar-refractivity contribution in [1.82, 2.24) is 9.97 Å². The van der Waals surface area contributed by atoms with Crippen LogP contribution in [-0.2, 0) is 0 Å². The van der Waals surface area contributed by atoms with E-state index in [2.05, 4.69) is 15.3 Å². The molecule has 4 heteroatoms. The first-order valence-corrected chi connectivity index (χ1v) is 6.04. The average molecular weight is 251 g/mol. The van der Waals surface area contributed by atoms with Crippen LogP contribution in [0.1, 0.15) is 15.9 Å². The van der Waals surface area contributed by atoms with Crippen LogP contribution in [0.5, 0.6) is 0 Å². The van der Waals surface area contributed by atoms with Crippen molar-refractivity contribution >= 4 is 22.5 Å². The SMILES string of the molecule is Cc1ccncc1NC(=O)c1c[nH]c2ccccc12. The first-order valence-electron chi connectivity index (χ1n) is 6.04. The monoisotopic (exact) mass is 251 g/mol. The second kappa shape index (κ2) is 4.57. The highest BCUT2D eigenvalue weighted by Crippen LogP contribution is 2.20. The van der Waals surface area contributed by atoms with Crippen molar-refractivity contribution in [3.63, 3.8) is 0 Å². The lowest BCUT2D eigenvalue weighted by Gasteiger charge is -2.06. The number of carbonyl (C=O) groups excluding carboxylic acids is 1. The van der Waals surface area contributed by atoms with Gasteiger partial charge >= 0.3 is 0 Å². The van der Waals surface area contributed by atoms with Gasteiger partial charge in [0.05, 0.1) is 17.4 Å². The number of aromatic nitrogens is 2. The van der Waals surface area contributed by atoms with Gasteiger partial charge in [-0.1, -0.05) is 18.2 Å². The number of benzene rings is 1. The molecule has 0 saturated carbocycles. The average Bonchev–Trinajstić information content (AvgIpc) is 2.85. The summed E-state index contributed by atoms with van der Waals surface area (Å²) >= 11 is 0. The van der Waals surface area contributed by atoms with Gasteiger partial charge in [-0.15, -0.1) is 0 Å². The second-order valence-electron chi connectivity index (χ2n) is 4.39. The second-order valence-corrected chi connectivity index (χ2v) is 4.39. The van der Waals surface area contributed by atoms with Crippen LogP contribution in [0.15, 0.2) is 48.9 Å². The predicted molar refractivity (Wildman–Crippen MR) is 75.2 cm³/mol. The number of pyridine rings is 1. The molecular formula is C15H13N3O. The fraction of sp³-hybridized carbons (Fsp3) is 0.0667. The molecule has 1 amide bonds. The number of rotatable bonds is 2. The number of hydrogen-bond acceptors (Lipinski definition) is 2. The third-order valence-electron chi connectivity index (χ3n) is 3.12. The number of H-pyrrole nitrogens is 1. The van der Waals surface area contributed by atoms with Crippen molar-refractivity contribution in [3.05, 3.63) is 60.0 Å². The molecule has 3 rings (SSSR count). The van der Waals surface area contributed by atoms with Crippen molar-refractivity contribution in [2.45, 2.75) is 6.92 Å². The zero-order valence-electron chi connectivity index (χ0n) is 10.5. The lowest BCUT2D eigenvalue weighted by atomic mass is 10.1. The highest BCUT2D eigenvalue weighted by atomic mass is 16.1. The van der Waals surface area contributed by atoms with Gasteiger partial charge in [-0.25, -0.2) is 0 Å². The van der Waals surface area contributed by atoms with E-state index in [9.17, 15) is 4.79 Å². The summed E-state index contributed by atoms with van der Waals surface area (Å²) < 4.78 is 0. The first-order chi connectivity index (χ1) is 9.25. The number of fused-ring (bicyclic) bond motifs is 1. The van der Waals surface area contributed by atoms with Crippen molar-refractivity contribution < 1.29 is 4.79 Å². The van der Waals surface area contributed by atoms with E-state index in [1.165, 1.54) is 0 Å². The number of para-hydroxylation sites is 1. The van der Waals surface area contributed by atoms with Crippen LogP contribution in [0, 0.1) is 6.92 Å². The molecule has 1 aromatic carbocycles. The predicted octanol–water partition coefficient (Wildman–Crippen LogP) is 3.12. The molecule has 0 radical (unpaired) electrons. The molecule has 19 heavy (non-hydrogen) atoms. The number of aryl methyl sites for hydroxylation is 1. The van der Waals surface area contributed by atoms with Gasteiger partial charge in [-0.2, -0.15) is 0 Å². The van der Waals surface area contributed by atoms with Crippen molar-refractivity contribution in [3.8, 4) is 0 Å². The van der Waals surface area contributed by atoms with E-state index in [1.54, 1.807) is 18.6 Å². The number of anilines is 1. The van der Waals surface area contributed by atoms with Crippen molar-refractivity contribution in [2.75, 3.05) is 5.32 Å². The molecule has 0 aliphatic heterocycles. The molecule has 2 N–H and O–H groups in total. The Kier molecular flexibility index (Phi) is 2.76. The minimum absolute atomic E-state index is 0.131. The molecule has 0 aliphatic rings. The van der Waals surface area contributed by atoms with Gasteiger partial charge in [0, 0.05) is 23.3 Å². The Morgan fingerprint density at radius 1 is 1.26 bits per heavy atom. The van der Waals surface area contributed by atoms with Gasteiger partial charge in [0.15, 0.2) is 0 Å². The topological polar surface area (TPSA) is 57.8 Å². The van der Waals surface area contributed by atoms with Gasteiger partial charge in [-0.3, -0.25) is 9.78 Å². The van der Waals surface area contributed by atoms with E-state index in [4.69, 9.17) is 0 Å². The Morgan fingerprint density at radius 2 is 2.11 bits per heavy atom. The Hall–Kier alpha value is -2.62. The molecule has 4 nitrogen and oxygen atoms in total. The van der Waals surface area contributed by atoms with Crippen LogP contribution >= 0.6 is 0 Å². The van der Waals surface area contributed by atoms with Crippen LogP contribution in [0.2, 0.25) is 0 Å². The van der Waals surface area contributed by atoms with Crippen LogP contribution in [0.4, 0.5) is 5.69 Å². The number of nitrogens with one attached hydrogen (secondary N) is 2. The number of carbonyl (C=O) groups is 1. The molecule has 0 fully saturated rings. The molecule has 2 aromatic heterocycles. The Morgan fingerprint density at radius 3 is 2.95 bits per heavy atom. The highest BCUT2D eigenvalue weighted by Gasteiger charge is 2.12. The molecule has 0 unspecified atom stereocenters. The zero-order chi connectivity index (χ0) is 13.2. The normalized spacial score (nSPS) is 10.6. The number of nitrogens with zero attached hydrogens (tertiary/aromatic N) is 1. The third kappa shape index (κ3) is 2.08. The fourth-order valence-electron chi connectivity index (χ4n) is 2.04. The lowest BCUT2D eigenvalue weighted by Crippen LogP contribution is -2.12. The lowest BCUT2D eigenvalue weighted by molar-refractivity contribution is 0.102. The van der Waals surface area contributed by atoms with Crippen LogP contribution < -0.4 is 5.32 Å². The number of hydrogen-bond donors (Lipinski definition) is 2. The van der Waals surface area contributed by atoms with Gasteiger partial charge < -0.3 is 10.3 Å². The summed E-state index contributed by atoms with van der Waals surface area (Å²) in [6, 6.07) is 9.59. The maximum atomic E-state index is 12.3. The van der Waals surface area contributed by atoms with Gasteiger partial charge in [0.1, 0.15) is 0 Å². The molecule has 0 atom stereocenters. The van der Waals surface area contributed by atoms with Crippen molar-refractivity contribution in [2.24, 2.45) is 0 Å². The first kappa shape index (κ1) is 11.5. The minimum atomic E-state index is -0.131. The summed E-state index contributed by atoms with van der Waals surface area (Å²) in [4.78, 5) is 19.4. The maximum absolute atomic E-state index is 12.3. The summed E-state index contributed by atoms with van der Waals surface area (Å²) in [7, 11) is 0. The van der Waals surface area contributed by atoms with Gasteiger partial charge in [-0.05, 0) is 24.6 Å². The Balaban J connectivity index is 1.95.